The van der Waals surface area contributed by atoms with Gasteiger partial charge in [-0.2, -0.15) is 12.6 Å². The fraction of sp³-hybridized carbons (Fsp3) is 0.538. The molecule has 0 spiro atoms. The molecule has 0 saturated heterocycles. The molecule has 2 rings (SSSR count). The third-order valence-electron chi connectivity index (χ3n) is 3.15. The van der Waals surface area contributed by atoms with Gasteiger partial charge in [0, 0.05) is 13.1 Å². The number of nitrogens with zero attached hydrogens (tertiary/aromatic N) is 1. The van der Waals surface area contributed by atoms with Crippen LogP contribution in [0.4, 0.5) is 0 Å². The molecule has 82 valence electrons. The maximum atomic E-state index is 4.27. The molecule has 0 radical (unpaired) electrons. The first kappa shape index (κ1) is 11.0. The monoisotopic (exact) mass is 221 g/mol. The van der Waals surface area contributed by atoms with Crippen LogP contribution in [0.2, 0.25) is 0 Å². The second-order valence-corrected chi connectivity index (χ2v) is 4.63. The molecule has 1 aliphatic rings. The van der Waals surface area contributed by atoms with E-state index in [0.717, 1.165) is 5.75 Å². The summed E-state index contributed by atoms with van der Waals surface area (Å²) < 4.78 is 0. The van der Waals surface area contributed by atoms with Gasteiger partial charge in [-0.25, -0.2) is 0 Å². The molecule has 0 aromatic heterocycles. The van der Waals surface area contributed by atoms with Crippen LogP contribution in [0.3, 0.4) is 0 Å². The fourth-order valence-corrected chi connectivity index (χ4v) is 2.37. The van der Waals surface area contributed by atoms with Crippen LogP contribution in [0.15, 0.2) is 24.3 Å². The van der Waals surface area contributed by atoms with Crippen LogP contribution in [0.25, 0.3) is 0 Å². The van der Waals surface area contributed by atoms with Crippen LogP contribution < -0.4 is 0 Å². The van der Waals surface area contributed by atoms with Gasteiger partial charge < -0.3 is 4.90 Å². The van der Waals surface area contributed by atoms with E-state index in [1.54, 1.807) is 11.1 Å². The maximum absolute atomic E-state index is 4.27. The van der Waals surface area contributed by atoms with Crippen LogP contribution >= 0.6 is 12.6 Å². The summed E-state index contributed by atoms with van der Waals surface area (Å²) in [5, 5.41) is 0. The first-order valence-corrected chi connectivity index (χ1v) is 6.43. The fourth-order valence-electron chi connectivity index (χ4n) is 2.23. The second-order valence-electron chi connectivity index (χ2n) is 4.19. The third-order valence-corrected chi connectivity index (χ3v) is 3.46. The minimum Gasteiger partial charge on any atom is -0.303 e. The summed E-state index contributed by atoms with van der Waals surface area (Å²) in [5.41, 5.74) is 3.09. The Balaban J connectivity index is 1.96. The highest BCUT2D eigenvalue weighted by Crippen LogP contribution is 2.15. The highest BCUT2D eigenvalue weighted by atomic mass is 32.1. The number of fused-ring (bicyclic) bond motifs is 1. The lowest BCUT2D eigenvalue weighted by molar-refractivity contribution is 0.289. The van der Waals surface area contributed by atoms with Crippen molar-refractivity contribution >= 4 is 12.6 Å². The molecule has 0 unspecified atom stereocenters. The summed E-state index contributed by atoms with van der Waals surface area (Å²) >= 11 is 4.27. The van der Waals surface area contributed by atoms with Gasteiger partial charge in [-0.3, -0.25) is 0 Å². The van der Waals surface area contributed by atoms with Gasteiger partial charge in [0.15, 0.2) is 0 Å². The molecule has 1 aromatic carbocycles. The Hall–Kier alpha value is -0.470. The van der Waals surface area contributed by atoms with Gasteiger partial charge in [-0.05, 0) is 42.7 Å². The molecule has 1 heterocycles. The first-order valence-electron chi connectivity index (χ1n) is 5.80. The third kappa shape index (κ3) is 2.99. The van der Waals surface area contributed by atoms with E-state index < -0.39 is 0 Å². The van der Waals surface area contributed by atoms with Crippen molar-refractivity contribution in [3.63, 3.8) is 0 Å². The zero-order valence-corrected chi connectivity index (χ0v) is 10.0. The Morgan fingerprint density at radius 2 is 1.67 bits per heavy atom. The summed E-state index contributed by atoms with van der Waals surface area (Å²) in [6.45, 7) is 3.63. The smallest absolute Gasteiger partial charge is 0.00221 e. The number of rotatable bonds is 3. The summed E-state index contributed by atoms with van der Waals surface area (Å²) in [4.78, 5) is 2.57. The lowest BCUT2D eigenvalue weighted by Crippen LogP contribution is -2.27. The molecule has 15 heavy (non-hydrogen) atoms. The SMILES string of the molecule is SCCCN1CCc2ccccc2CC1. The van der Waals surface area contributed by atoms with Gasteiger partial charge in [-0.15, -0.1) is 0 Å². The molecule has 0 saturated carbocycles. The summed E-state index contributed by atoms with van der Waals surface area (Å²) in [6.07, 6.45) is 3.63. The van der Waals surface area contributed by atoms with E-state index in [0.29, 0.717) is 0 Å². The van der Waals surface area contributed by atoms with E-state index in [1.807, 2.05) is 0 Å². The summed E-state index contributed by atoms with van der Waals surface area (Å²) in [7, 11) is 0. The molecule has 0 fully saturated rings. The molecule has 2 heteroatoms. The van der Waals surface area contributed by atoms with Gasteiger partial charge >= 0.3 is 0 Å². The minimum atomic E-state index is 1.00. The first-order chi connectivity index (χ1) is 7.40. The average Bonchev–Trinajstić information content (AvgIpc) is 2.49. The Morgan fingerprint density at radius 1 is 1.07 bits per heavy atom. The summed E-state index contributed by atoms with van der Waals surface area (Å²) in [5.74, 6) is 1.00. The molecule has 0 N–H and O–H groups in total. The Kier molecular flexibility index (Phi) is 4.09. The van der Waals surface area contributed by atoms with Gasteiger partial charge in [0.1, 0.15) is 0 Å². The number of hydrogen-bond acceptors (Lipinski definition) is 2. The molecule has 0 bridgehead atoms. The standard InChI is InChI=1S/C13H19NS/c15-11-3-8-14-9-6-12-4-1-2-5-13(12)7-10-14/h1-2,4-5,15H,3,6-11H2. The van der Waals surface area contributed by atoms with E-state index >= 15 is 0 Å². The van der Waals surface area contributed by atoms with Crippen molar-refractivity contribution in [2.75, 3.05) is 25.4 Å². The van der Waals surface area contributed by atoms with E-state index in [-0.39, 0.29) is 0 Å². The lowest BCUT2D eigenvalue weighted by Gasteiger charge is -2.18. The van der Waals surface area contributed by atoms with Gasteiger partial charge in [-0.1, -0.05) is 24.3 Å². The number of hydrogen-bond donors (Lipinski definition) is 1. The van der Waals surface area contributed by atoms with E-state index in [1.165, 1.54) is 38.9 Å². The average molecular weight is 221 g/mol. The van der Waals surface area contributed by atoms with E-state index in [4.69, 9.17) is 0 Å². The van der Waals surface area contributed by atoms with E-state index in [2.05, 4.69) is 41.8 Å². The van der Waals surface area contributed by atoms with Crippen molar-refractivity contribution in [1.29, 1.82) is 0 Å². The molecule has 1 aromatic rings. The largest absolute Gasteiger partial charge is 0.303 e. The van der Waals surface area contributed by atoms with Crippen molar-refractivity contribution in [3.05, 3.63) is 35.4 Å². The highest BCUT2D eigenvalue weighted by molar-refractivity contribution is 7.80. The molecule has 0 atom stereocenters. The molecule has 0 aliphatic carbocycles. The van der Waals surface area contributed by atoms with Gasteiger partial charge in [0.2, 0.25) is 0 Å². The molecular weight excluding hydrogens is 202 g/mol. The normalized spacial score (nSPS) is 17.1. The number of benzene rings is 1. The Morgan fingerprint density at radius 3 is 2.20 bits per heavy atom. The number of thiol groups is 1. The van der Waals surface area contributed by atoms with Crippen molar-refractivity contribution in [1.82, 2.24) is 4.90 Å². The van der Waals surface area contributed by atoms with Crippen molar-refractivity contribution < 1.29 is 0 Å². The lowest BCUT2D eigenvalue weighted by atomic mass is 10.0. The Labute approximate surface area is 97.9 Å². The quantitative estimate of drug-likeness (QED) is 0.767. The Bertz CT molecular complexity index is 284. The van der Waals surface area contributed by atoms with Gasteiger partial charge in [0.25, 0.3) is 0 Å². The molecular formula is C13H19NS. The van der Waals surface area contributed by atoms with Crippen LogP contribution in [-0.2, 0) is 12.8 Å². The molecule has 0 amide bonds. The molecule has 1 nitrogen and oxygen atoms in total. The molecule has 1 aliphatic heterocycles. The second kappa shape index (κ2) is 5.57. The van der Waals surface area contributed by atoms with Crippen molar-refractivity contribution in [2.45, 2.75) is 19.3 Å². The van der Waals surface area contributed by atoms with E-state index in [9.17, 15) is 0 Å². The predicted molar refractivity (Wildman–Crippen MR) is 68.8 cm³/mol. The van der Waals surface area contributed by atoms with Crippen LogP contribution in [0, 0.1) is 0 Å². The predicted octanol–water partition coefficient (Wildman–Crippen LogP) is 2.41. The van der Waals surface area contributed by atoms with Crippen LogP contribution in [-0.4, -0.2) is 30.3 Å². The zero-order valence-electron chi connectivity index (χ0n) is 9.15. The maximum Gasteiger partial charge on any atom is 0.00221 e. The van der Waals surface area contributed by atoms with Crippen molar-refractivity contribution in [2.24, 2.45) is 0 Å². The minimum absolute atomic E-state index is 1.00. The topological polar surface area (TPSA) is 3.24 Å². The van der Waals surface area contributed by atoms with Crippen LogP contribution in [0.1, 0.15) is 17.5 Å². The highest BCUT2D eigenvalue weighted by Gasteiger charge is 2.12. The zero-order chi connectivity index (χ0) is 10.5. The van der Waals surface area contributed by atoms with Crippen molar-refractivity contribution in [3.8, 4) is 0 Å². The van der Waals surface area contributed by atoms with Crippen LogP contribution in [0.5, 0.6) is 0 Å². The summed E-state index contributed by atoms with van der Waals surface area (Å²) in [6, 6.07) is 8.86. The van der Waals surface area contributed by atoms with Gasteiger partial charge in [0.05, 0.1) is 0 Å².